The Morgan fingerprint density at radius 3 is 2.36 bits per heavy atom. The first-order valence-electron chi connectivity index (χ1n) is 14.1. The fourth-order valence-electron chi connectivity index (χ4n) is 5.48. The van der Waals surface area contributed by atoms with Crippen molar-refractivity contribution in [2.75, 3.05) is 0 Å². The summed E-state index contributed by atoms with van der Waals surface area (Å²) >= 11 is 0. The molecule has 4 aromatic rings. The zero-order valence-corrected chi connectivity index (χ0v) is 22.8. The summed E-state index contributed by atoms with van der Waals surface area (Å²) in [5.41, 5.74) is 6.03. The highest BCUT2D eigenvalue weighted by atomic mass is 16.5. The third-order valence-corrected chi connectivity index (χ3v) is 7.53. The third kappa shape index (κ3) is 5.81. The minimum absolute atomic E-state index is 0.00587. The van der Waals surface area contributed by atoms with Crippen LogP contribution in [0.5, 0.6) is 5.75 Å². The van der Waals surface area contributed by atoms with Gasteiger partial charge in [0.2, 0.25) is 0 Å². The van der Waals surface area contributed by atoms with E-state index in [2.05, 4.69) is 13.0 Å². The molecule has 1 saturated carbocycles. The number of hydrogen-bond donors (Lipinski definition) is 0. The lowest BCUT2D eigenvalue weighted by molar-refractivity contribution is 0.210. The SMILES string of the molecule is CCCc1nc(CC)n(-c2ccc(OC3CCCC3)cc2)c(=O)c1Cc1ccc(-c2ccccc2C#N)cc1. The maximum Gasteiger partial charge on any atom is 0.261 e. The molecule has 1 heterocycles. The van der Waals surface area contributed by atoms with Gasteiger partial charge in [-0.3, -0.25) is 9.36 Å². The number of aryl methyl sites for hydroxylation is 2. The normalized spacial score (nSPS) is 13.4. The van der Waals surface area contributed by atoms with Crippen molar-refractivity contribution in [2.24, 2.45) is 0 Å². The van der Waals surface area contributed by atoms with Crippen molar-refractivity contribution < 1.29 is 4.74 Å². The molecule has 3 aromatic carbocycles. The van der Waals surface area contributed by atoms with Crippen LogP contribution in [-0.4, -0.2) is 15.7 Å². The summed E-state index contributed by atoms with van der Waals surface area (Å²) in [6.07, 6.45) is 7.83. The lowest BCUT2D eigenvalue weighted by Gasteiger charge is -2.18. The predicted octanol–water partition coefficient (Wildman–Crippen LogP) is 7.20. The van der Waals surface area contributed by atoms with Gasteiger partial charge in [0.25, 0.3) is 5.56 Å². The smallest absolute Gasteiger partial charge is 0.261 e. The van der Waals surface area contributed by atoms with Crippen LogP contribution in [0.15, 0.2) is 77.6 Å². The first-order chi connectivity index (χ1) is 19.1. The molecular formula is C34H35N3O2. The molecule has 0 N–H and O–H groups in total. The van der Waals surface area contributed by atoms with Gasteiger partial charge in [0.1, 0.15) is 11.6 Å². The van der Waals surface area contributed by atoms with Crippen molar-refractivity contribution in [3.63, 3.8) is 0 Å². The van der Waals surface area contributed by atoms with Gasteiger partial charge < -0.3 is 4.74 Å². The van der Waals surface area contributed by atoms with Crippen LogP contribution in [0.2, 0.25) is 0 Å². The molecule has 0 radical (unpaired) electrons. The van der Waals surface area contributed by atoms with Crippen LogP contribution in [-0.2, 0) is 19.3 Å². The zero-order valence-electron chi connectivity index (χ0n) is 22.8. The fourth-order valence-corrected chi connectivity index (χ4v) is 5.48. The Hall–Kier alpha value is -4.17. The number of nitriles is 1. The molecule has 39 heavy (non-hydrogen) atoms. The third-order valence-electron chi connectivity index (χ3n) is 7.53. The van der Waals surface area contributed by atoms with E-state index in [9.17, 15) is 10.1 Å². The van der Waals surface area contributed by atoms with Crippen LogP contribution in [0.1, 0.15) is 74.2 Å². The minimum Gasteiger partial charge on any atom is -0.490 e. The van der Waals surface area contributed by atoms with Gasteiger partial charge in [-0.25, -0.2) is 4.98 Å². The van der Waals surface area contributed by atoms with Gasteiger partial charge in [-0.1, -0.05) is 62.7 Å². The largest absolute Gasteiger partial charge is 0.490 e. The Bertz CT molecular complexity index is 1520. The molecule has 5 heteroatoms. The maximum atomic E-state index is 14.0. The molecule has 0 amide bonds. The van der Waals surface area contributed by atoms with Crippen LogP contribution in [0.25, 0.3) is 16.8 Å². The van der Waals surface area contributed by atoms with Crippen LogP contribution in [0.4, 0.5) is 0 Å². The summed E-state index contributed by atoms with van der Waals surface area (Å²) in [4.78, 5) is 19.0. The van der Waals surface area contributed by atoms with Crippen LogP contribution in [0.3, 0.4) is 0 Å². The fraction of sp³-hybridized carbons (Fsp3) is 0.324. The summed E-state index contributed by atoms with van der Waals surface area (Å²) < 4.78 is 7.91. The molecule has 1 aliphatic carbocycles. The second-order valence-corrected chi connectivity index (χ2v) is 10.2. The maximum absolute atomic E-state index is 14.0. The van der Waals surface area contributed by atoms with Crippen LogP contribution < -0.4 is 10.3 Å². The van der Waals surface area contributed by atoms with E-state index in [0.717, 1.165) is 70.9 Å². The highest BCUT2D eigenvalue weighted by Gasteiger charge is 2.19. The quantitative estimate of drug-likeness (QED) is 0.235. The van der Waals surface area contributed by atoms with E-state index in [1.807, 2.05) is 79.7 Å². The number of aromatic nitrogens is 2. The molecule has 1 aromatic heterocycles. The second kappa shape index (κ2) is 12.1. The summed E-state index contributed by atoms with van der Waals surface area (Å²) in [6, 6.07) is 25.9. The minimum atomic E-state index is -0.00587. The average molecular weight is 518 g/mol. The molecule has 0 unspecified atom stereocenters. The van der Waals surface area contributed by atoms with E-state index in [1.165, 1.54) is 12.8 Å². The van der Waals surface area contributed by atoms with Crippen molar-refractivity contribution in [2.45, 2.75) is 71.3 Å². The van der Waals surface area contributed by atoms with Gasteiger partial charge >= 0.3 is 0 Å². The van der Waals surface area contributed by atoms with Gasteiger partial charge in [0, 0.05) is 18.4 Å². The Balaban J connectivity index is 1.48. The molecule has 0 spiro atoms. The monoisotopic (exact) mass is 517 g/mol. The Morgan fingerprint density at radius 2 is 1.69 bits per heavy atom. The number of rotatable bonds is 9. The van der Waals surface area contributed by atoms with E-state index >= 15 is 0 Å². The molecule has 198 valence electrons. The highest BCUT2D eigenvalue weighted by molar-refractivity contribution is 5.70. The first kappa shape index (κ1) is 26.4. The predicted molar refractivity (Wildman–Crippen MR) is 155 cm³/mol. The number of hydrogen-bond acceptors (Lipinski definition) is 4. The summed E-state index contributed by atoms with van der Waals surface area (Å²) in [5.74, 6) is 1.63. The second-order valence-electron chi connectivity index (χ2n) is 10.2. The van der Waals surface area contributed by atoms with Crippen molar-refractivity contribution in [1.29, 1.82) is 5.26 Å². The van der Waals surface area contributed by atoms with Crippen molar-refractivity contribution in [3.8, 4) is 28.6 Å². The standard InChI is InChI=1S/C34H35N3O2/c1-3-9-32-31(22-24-14-16-25(17-15-24)30-13-8-5-10-26(30)23-35)34(38)37(33(4-2)36-32)27-18-20-29(21-19-27)39-28-11-6-7-12-28/h5,8,10,13-21,28H,3-4,6-7,9,11-12,22H2,1-2H3. The molecule has 0 saturated heterocycles. The van der Waals surface area contributed by atoms with Gasteiger partial charge in [0.05, 0.1) is 29.1 Å². The summed E-state index contributed by atoms with van der Waals surface area (Å²) in [5, 5.41) is 9.48. The summed E-state index contributed by atoms with van der Waals surface area (Å²) in [6.45, 7) is 4.16. The highest BCUT2D eigenvalue weighted by Crippen LogP contribution is 2.26. The van der Waals surface area contributed by atoms with Crippen LogP contribution in [0, 0.1) is 11.3 Å². The van der Waals surface area contributed by atoms with E-state index in [-0.39, 0.29) is 5.56 Å². The zero-order chi connectivity index (χ0) is 27.2. The molecule has 5 rings (SSSR count). The number of ether oxygens (including phenoxy) is 1. The first-order valence-corrected chi connectivity index (χ1v) is 14.1. The summed E-state index contributed by atoms with van der Waals surface area (Å²) in [7, 11) is 0. The Kier molecular flexibility index (Phi) is 8.22. The van der Waals surface area contributed by atoms with Crippen molar-refractivity contribution >= 4 is 0 Å². The van der Waals surface area contributed by atoms with Crippen molar-refractivity contribution in [1.82, 2.24) is 9.55 Å². The van der Waals surface area contributed by atoms with Crippen LogP contribution >= 0.6 is 0 Å². The lowest BCUT2D eigenvalue weighted by atomic mass is 9.97. The molecular weight excluding hydrogens is 482 g/mol. The number of nitrogens with zero attached hydrogens (tertiary/aromatic N) is 3. The molecule has 1 aliphatic rings. The van der Waals surface area contributed by atoms with Gasteiger partial charge in [-0.15, -0.1) is 0 Å². The van der Waals surface area contributed by atoms with E-state index in [4.69, 9.17) is 9.72 Å². The average Bonchev–Trinajstić information content (AvgIpc) is 3.49. The van der Waals surface area contributed by atoms with Gasteiger partial charge in [0.15, 0.2) is 0 Å². The van der Waals surface area contributed by atoms with E-state index in [1.54, 1.807) is 4.57 Å². The van der Waals surface area contributed by atoms with Crippen molar-refractivity contribution in [3.05, 3.63) is 111 Å². The molecule has 1 fully saturated rings. The Labute approximate surface area is 230 Å². The lowest BCUT2D eigenvalue weighted by Crippen LogP contribution is -2.29. The van der Waals surface area contributed by atoms with Gasteiger partial charge in [-0.05, 0) is 79.1 Å². The molecule has 0 bridgehead atoms. The van der Waals surface area contributed by atoms with E-state index in [0.29, 0.717) is 24.5 Å². The Morgan fingerprint density at radius 1 is 0.974 bits per heavy atom. The topological polar surface area (TPSA) is 67.9 Å². The molecule has 0 atom stereocenters. The molecule has 5 nitrogen and oxygen atoms in total. The number of benzene rings is 3. The van der Waals surface area contributed by atoms with Gasteiger partial charge in [-0.2, -0.15) is 5.26 Å². The van der Waals surface area contributed by atoms with E-state index < -0.39 is 0 Å². The molecule has 0 aliphatic heterocycles.